The van der Waals surface area contributed by atoms with Crippen molar-refractivity contribution in [3.05, 3.63) is 11.6 Å². The lowest BCUT2D eigenvalue weighted by Crippen LogP contribution is -2.47. The Hall–Kier alpha value is -0.370. The van der Waals surface area contributed by atoms with E-state index in [9.17, 15) is 4.39 Å². The maximum absolute atomic E-state index is 14.1. The second-order valence-corrected chi connectivity index (χ2v) is 4.38. The van der Waals surface area contributed by atoms with Gasteiger partial charge in [-0.15, -0.1) is 0 Å². The van der Waals surface area contributed by atoms with Crippen LogP contribution < -0.4 is 5.32 Å². The molecule has 1 saturated heterocycles. The number of hydrogen-bond acceptors (Lipinski definition) is 1. The molecular formula is C11H20FN. The lowest BCUT2D eigenvalue weighted by molar-refractivity contribution is 0.158. The third-order valence-corrected chi connectivity index (χ3v) is 2.56. The summed E-state index contributed by atoms with van der Waals surface area (Å²) in [7, 11) is 0. The first kappa shape index (κ1) is 10.7. The Bertz CT molecular complexity index is 186. The van der Waals surface area contributed by atoms with E-state index in [1.165, 1.54) is 6.42 Å². The van der Waals surface area contributed by atoms with Gasteiger partial charge in [0.25, 0.3) is 0 Å². The molecule has 0 bridgehead atoms. The highest BCUT2D eigenvalue weighted by atomic mass is 19.1. The summed E-state index contributed by atoms with van der Waals surface area (Å²) < 4.78 is 14.1. The van der Waals surface area contributed by atoms with Crippen molar-refractivity contribution in [2.75, 3.05) is 6.54 Å². The number of halogens is 1. The first-order chi connectivity index (χ1) is 6.02. The molecule has 0 saturated carbocycles. The largest absolute Gasteiger partial charge is 0.311 e. The van der Waals surface area contributed by atoms with Crippen LogP contribution in [0.5, 0.6) is 0 Å². The van der Waals surface area contributed by atoms with Gasteiger partial charge in [0.2, 0.25) is 0 Å². The molecule has 1 rings (SSSR count). The monoisotopic (exact) mass is 185 g/mol. The molecule has 0 aromatic carbocycles. The van der Waals surface area contributed by atoms with E-state index in [0.717, 1.165) is 25.0 Å². The summed E-state index contributed by atoms with van der Waals surface area (Å²) >= 11 is 0. The van der Waals surface area contributed by atoms with Gasteiger partial charge in [-0.1, -0.05) is 12.0 Å². The molecule has 2 unspecified atom stereocenters. The molecule has 1 N–H and O–H groups in total. The maximum Gasteiger partial charge on any atom is 0.141 e. The molecule has 1 aliphatic heterocycles. The van der Waals surface area contributed by atoms with Gasteiger partial charge in [-0.2, -0.15) is 0 Å². The zero-order chi connectivity index (χ0) is 9.90. The minimum absolute atomic E-state index is 0.0103. The quantitative estimate of drug-likeness (QED) is 0.652. The lowest BCUT2D eigenvalue weighted by Gasteiger charge is -2.32. The van der Waals surface area contributed by atoms with Crippen molar-refractivity contribution in [2.45, 2.75) is 51.7 Å². The van der Waals surface area contributed by atoms with Crippen LogP contribution >= 0.6 is 0 Å². The van der Waals surface area contributed by atoms with Crippen LogP contribution in [-0.4, -0.2) is 18.3 Å². The SMILES string of the molecule is CC(C)=CC(C)(F)C1CCCCN1. The molecule has 0 aromatic rings. The van der Waals surface area contributed by atoms with Crippen LogP contribution in [0.1, 0.15) is 40.0 Å². The van der Waals surface area contributed by atoms with Crippen molar-refractivity contribution in [3.8, 4) is 0 Å². The van der Waals surface area contributed by atoms with Gasteiger partial charge in [-0.3, -0.25) is 0 Å². The van der Waals surface area contributed by atoms with Gasteiger partial charge < -0.3 is 5.32 Å². The number of hydrogen-bond donors (Lipinski definition) is 1. The summed E-state index contributed by atoms with van der Waals surface area (Å²) in [5.41, 5.74) is -0.128. The van der Waals surface area contributed by atoms with Crippen LogP contribution in [0.4, 0.5) is 4.39 Å². The summed E-state index contributed by atoms with van der Waals surface area (Å²) in [6.07, 6.45) is 5.02. The molecule has 2 atom stereocenters. The first-order valence-electron chi connectivity index (χ1n) is 5.11. The molecule has 13 heavy (non-hydrogen) atoms. The molecule has 76 valence electrons. The first-order valence-corrected chi connectivity index (χ1v) is 5.11. The Kier molecular flexibility index (Phi) is 3.48. The van der Waals surface area contributed by atoms with Crippen molar-refractivity contribution in [1.29, 1.82) is 0 Å². The Morgan fingerprint density at radius 3 is 2.62 bits per heavy atom. The molecule has 0 radical (unpaired) electrons. The zero-order valence-corrected chi connectivity index (χ0v) is 8.86. The van der Waals surface area contributed by atoms with E-state index in [1.54, 1.807) is 13.0 Å². The molecule has 1 aliphatic rings. The van der Waals surface area contributed by atoms with E-state index >= 15 is 0 Å². The summed E-state index contributed by atoms with van der Waals surface area (Å²) in [5, 5.41) is 3.25. The highest BCUT2D eigenvalue weighted by Gasteiger charge is 2.32. The van der Waals surface area contributed by atoms with Crippen molar-refractivity contribution in [3.63, 3.8) is 0 Å². The molecule has 0 amide bonds. The maximum atomic E-state index is 14.1. The fourth-order valence-corrected chi connectivity index (χ4v) is 2.00. The van der Waals surface area contributed by atoms with Gasteiger partial charge in [-0.05, 0) is 46.2 Å². The molecule has 0 aromatic heterocycles. The van der Waals surface area contributed by atoms with E-state index in [0.29, 0.717) is 0 Å². The number of allylic oxidation sites excluding steroid dienone is 1. The number of piperidine rings is 1. The van der Waals surface area contributed by atoms with Gasteiger partial charge in [-0.25, -0.2) is 4.39 Å². The van der Waals surface area contributed by atoms with Crippen LogP contribution in [-0.2, 0) is 0 Å². The van der Waals surface area contributed by atoms with Crippen LogP contribution in [0.2, 0.25) is 0 Å². The van der Waals surface area contributed by atoms with Crippen molar-refractivity contribution < 1.29 is 4.39 Å². The van der Waals surface area contributed by atoms with Crippen LogP contribution in [0, 0.1) is 0 Å². The normalized spacial score (nSPS) is 27.8. The molecular weight excluding hydrogens is 165 g/mol. The van der Waals surface area contributed by atoms with E-state index < -0.39 is 5.67 Å². The van der Waals surface area contributed by atoms with Crippen LogP contribution in [0.25, 0.3) is 0 Å². The lowest BCUT2D eigenvalue weighted by atomic mass is 9.89. The van der Waals surface area contributed by atoms with Crippen molar-refractivity contribution >= 4 is 0 Å². The molecule has 0 aliphatic carbocycles. The summed E-state index contributed by atoms with van der Waals surface area (Å²) in [6.45, 7) is 6.52. The molecule has 1 fully saturated rings. The van der Waals surface area contributed by atoms with Gasteiger partial charge in [0, 0.05) is 6.04 Å². The molecule has 2 heteroatoms. The van der Waals surface area contributed by atoms with Crippen molar-refractivity contribution in [1.82, 2.24) is 5.32 Å². The third-order valence-electron chi connectivity index (χ3n) is 2.56. The average molecular weight is 185 g/mol. The number of alkyl halides is 1. The fraction of sp³-hybridized carbons (Fsp3) is 0.818. The summed E-state index contributed by atoms with van der Waals surface area (Å²) in [6, 6.07) is 0.0103. The predicted molar refractivity (Wildman–Crippen MR) is 54.6 cm³/mol. The Labute approximate surface area is 80.4 Å². The Morgan fingerprint density at radius 2 is 2.15 bits per heavy atom. The summed E-state index contributed by atoms with van der Waals surface area (Å²) in [5.74, 6) is 0. The standard InChI is InChI=1S/C11H20FN/c1-9(2)8-11(3,12)10-6-4-5-7-13-10/h8,10,13H,4-7H2,1-3H3. The molecule has 1 nitrogen and oxygen atoms in total. The van der Waals surface area contributed by atoms with Crippen LogP contribution in [0.15, 0.2) is 11.6 Å². The minimum Gasteiger partial charge on any atom is -0.311 e. The Morgan fingerprint density at radius 1 is 1.46 bits per heavy atom. The van der Waals surface area contributed by atoms with E-state index in [-0.39, 0.29) is 6.04 Å². The molecule has 1 heterocycles. The Balaban J connectivity index is 2.61. The van der Waals surface area contributed by atoms with Crippen molar-refractivity contribution in [2.24, 2.45) is 0 Å². The smallest absolute Gasteiger partial charge is 0.141 e. The second kappa shape index (κ2) is 4.23. The van der Waals surface area contributed by atoms with Gasteiger partial charge in [0.05, 0.1) is 0 Å². The average Bonchev–Trinajstić information content (AvgIpc) is 2.04. The van der Waals surface area contributed by atoms with E-state index in [1.807, 2.05) is 13.8 Å². The topological polar surface area (TPSA) is 12.0 Å². The zero-order valence-electron chi connectivity index (χ0n) is 8.86. The van der Waals surface area contributed by atoms with Gasteiger partial charge in [0.1, 0.15) is 5.67 Å². The van der Waals surface area contributed by atoms with Crippen LogP contribution in [0.3, 0.4) is 0 Å². The number of nitrogens with one attached hydrogen (secondary N) is 1. The highest BCUT2D eigenvalue weighted by Crippen LogP contribution is 2.25. The minimum atomic E-state index is -1.18. The predicted octanol–water partition coefficient (Wildman–Crippen LogP) is 2.82. The van der Waals surface area contributed by atoms with Gasteiger partial charge >= 0.3 is 0 Å². The third kappa shape index (κ3) is 3.11. The highest BCUT2D eigenvalue weighted by molar-refractivity contribution is 5.10. The molecule has 0 spiro atoms. The number of rotatable bonds is 2. The van der Waals surface area contributed by atoms with E-state index in [2.05, 4.69) is 5.32 Å². The second-order valence-electron chi connectivity index (χ2n) is 4.38. The summed E-state index contributed by atoms with van der Waals surface area (Å²) in [4.78, 5) is 0. The van der Waals surface area contributed by atoms with Gasteiger partial charge in [0.15, 0.2) is 0 Å². The fourth-order valence-electron chi connectivity index (χ4n) is 2.00. The van der Waals surface area contributed by atoms with E-state index in [4.69, 9.17) is 0 Å².